The van der Waals surface area contributed by atoms with Gasteiger partial charge in [-0.1, -0.05) is 43.1 Å². The maximum Gasteiger partial charge on any atom is 0.287 e. The predicted molar refractivity (Wildman–Crippen MR) is 110 cm³/mol. The van der Waals surface area contributed by atoms with Crippen molar-refractivity contribution in [3.05, 3.63) is 50.9 Å². The van der Waals surface area contributed by atoms with Crippen molar-refractivity contribution in [1.29, 1.82) is 0 Å². The summed E-state index contributed by atoms with van der Waals surface area (Å²) in [6, 6.07) is 4.95. The van der Waals surface area contributed by atoms with E-state index in [1.807, 2.05) is 13.8 Å². The molecular weight excluding hydrogens is 417 g/mol. The van der Waals surface area contributed by atoms with Gasteiger partial charge in [0.15, 0.2) is 11.5 Å². The first kappa shape index (κ1) is 21.7. The number of aliphatic hydroxyl groups excluding tert-OH is 1. The van der Waals surface area contributed by atoms with Crippen molar-refractivity contribution in [1.82, 2.24) is 5.32 Å². The smallest absolute Gasteiger partial charge is 0.287 e. The number of ketones is 1. The van der Waals surface area contributed by atoms with Gasteiger partial charge in [-0.3, -0.25) is 9.59 Å². The minimum Gasteiger partial charge on any atom is -0.489 e. The number of benzene rings is 1. The van der Waals surface area contributed by atoms with Gasteiger partial charge in [-0.15, -0.1) is 0 Å². The molecule has 1 aromatic carbocycles. The lowest BCUT2D eigenvalue weighted by Gasteiger charge is -2.27. The second-order valence-electron chi connectivity index (χ2n) is 8.02. The summed E-state index contributed by atoms with van der Waals surface area (Å²) in [5, 5.41) is 13.3. The summed E-state index contributed by atoms with van der Waals surface area (Å²) in [6.07, 6.45) is 0.0437. The van der Waals surface area contributed by atoms with E-state index in [0.717, 1.165) is 0 Å². The van der Waals surface area contributed by atoms with Gasteiger partial charge in [0, 0.05) is 24.9 Å². The molecule has 1 amide bonds. The summed E-state index contributed by atoms with van der Waals surface area (Å²) in [5.74, 6) is 0.506. The molecule has 0 fully saturated rings. The molecule has 0 saturated carbocycles. The van der Waals surface area contributed by atoms with E-state index in [1.165, 1.54) is 0 Å². The number of halogens is 2. The average Bonchev–Trinajstić information content (AvgIpc) is 2.96. The highest BCUT2D eigenvalue weighted by atomic mass is 35.5. The minimum absolute atomic E-state index is 0.0108. The maximum absolute atomic E-state index is 12.5. The highest BCUT2D eigenvalue weighted by molar-refractivity contribution is 6.42. The molecule has 0 bridgehead atoms. The number of carbonyl (C=O) groups is 2. The molecule has 29 heavy (non-hydrogen) atoms. The Hall–Kier alpha value is -2.02. The highest BCUT2D eigenvalue weighted by Crippen LogP contribution is 2.38. The number of carbonyl (C=O) groups excluding carboxylic acids is 2. The number of aliphatic hydroxyl groups is 1. The maximum atomic E-state index is 12.5. The van der Waals surface area contributed by atoms with Gasteiger partial charge in [-0.05, 0) is 24.5 Å². The van der Waals surface area contributed by atoms with E-state index in [1.54, 1.807) is 25.1 Å². The Morgan fingerprint density at radius 2 is 2.07 bits per heavy atom. The van der Waals surface area contributed by atoms with Crippen LogP contribution in [0.4, 0.5) is 0 Å². The van der Waals surface area contributed by atoms with Crippen LogP contribution in [0.2, 0.25) is 10.0 Å². The van der Waals surface area contributed by atoms with Gasteiger partial charge in [0.1, 0.15) is 29.2 Å². The molecule has 3 rings (SSSR count). The molecule has 0 radical (unpaired) electrons. The van der Waals surface area contributed by atoms with Crippen molar-refractivity contribution in [2.24, 2.45) is 5.41 Å². The van der Waals surface area contributed by atoms with E-state index >= 15 is 0 Å². The first-order valence-electron chi connectivity index (χ1n) is 9.27. The van der Waals surface area contributed by atoms with E-state index in [9.17, 15) is 14.7 Å². The lowest BCUT2D eigenvalue weighted by atomic mass is 9.76. The Morgan fingerprint density at radius 1 is 1.34 bits per heavy atom. The lowest BCUT2D eigenvalue weighted by Crippen LogP contribution is -2.35. The summed E-state index contributed by atoms with van der Waals surface area (Å²) in [7, 11) is 0. The van der Waals surface area contributed by atoms with Gasteiger partial charge >= 0.3 is 0 Å². The summed E-state index contributed by atoms with van der Waals surface area (Å²) in [5.41, 5.74) is 0.848. The second-order valence-corrected chi connectivity index (χ2v) is 8.81. The predicted octanol–water partition coefficient (Wildman–Crippen LogP) is 4.22. The van der Waals surface area contributed by atoms with E-state index in [-0.39, 0.29) is 35.1 Å². The lowest BCUT2D eigenvalue weighted by molar-refractivity contribution is 0.0816. The first-order chi connectivity index (χ1) is 13.6. The van der Waals surface area contributed by atoms with Crippen LogP contribution in [0.25, 0.3) is 0 Å². The number of hydrogen-bond acceptors (Lipinski definition) is 5. The van der Waals surface area contributed by atoms with Crippen LogP contribution < -0.4 is 10.1 Å². The summed E-state index contributed by atoms with van der Waals surface area (Å²) in [4.78, 5) is 24.9. The van der Waals surface area contributed by atoms with Crippen LogP contribution in [0.3, 0.4) is 0 Å². The topological polar surface area (TPSA) is 88.8 Å². The zero-order valence-electron chi connectivity index (χ0n) is 16.5. The number of furan rings is 1. The molecular formula is C21H23Cl2NO5. The minimum atomic E-state index is -0.973. The molecule has 0 spiro atoms. The number of rotatable bonds is 6. The largest absolute Gasteiger partial charge is 0.489 e. The van der Waals surface area contributed by atoms with E-state index < -0.39 is 12.0 Å². The van der Waals surface area contributed by atoms with Crippen LogP contribution in [-0.2, 0) is 6.42 Å². The highest BCUT2D eigenvalue weighted by Gasteiger charge is 2.37. The third-order valence-electron chi connectivity index (χ3n) is 4.83. The number of hydrogen-bond donors (Lipinski definition) is 2. The van der Waals surface area contributed by atoms with Gasteiger partial charge in [0.25, 0.3) is 5.91 Å². The Morgan fingerprint density at radius 3 is 2.79 bits per heavy atom. The second kappa shape index (κ2) is 8.38. The normalized spacial score (nSPS) is 16.3. The average molecular weight is 440 g/mol. The van der Waals surface area contributed by atoms with Crippen molar-refractivity contribution in [2.45, 2.75) is 39.7 Å². The number of fused-ring (bicyclic) bond motifs is 1. The molecule has 1 aliphatic rings. The van der Waals surface area contributed by atoms with Crippen molar-refractivity contribution in [3.8, 4) is 5.75 Å². The van der Waals surface area contributed by atoms with E-state index in [2.05, 4.69) is 5.32 Å². The Bertz CT molecular complexity index is 951. The van der Waals surface area contributed by atoms with Crippen molar-refractivity contribution in [3.63, 3.8) is 0 Å². The van der Waals surface area contributed by atoms with Crippen LogP contribution in [0.5, 0.6) is 5.75 Å². The molecule has 0 aliphatic heterocycles. The standard InChI is InChI=1S/C21H23Cl2NO5/c1-11-17-14(26)7-21(2,3)8-16(17)29-19(11)20(27)24-9-12(25)10-28-15-6-4-5-13(22)18(15)23/h4-6,12,25H,7-10H2,1-3H3,(H,24,27). The molecule has 8 heteroatoms. The van der Waals surface area contributed by atoms with Crippen LogP contribution in [0.15, 0.2) is 22.6 Å². The molecule has 1 aliphatic carbocycles. The zero-order chi connectivity index (χ0) is 21.3. The Labute approximate surface area is 179 Å². The summed E-state index contributed by atoms with van der Waals surface area (Å²) < 4.78 is 11.2. The molecule has 1 unspecified atom stereocenters. The quantitative estimate of drug-likeness (QED) is 0.702. The molecule has 2 N–H and O–H groups in total. The number of amides is 1. The van der Waals surface area contributed by atoms with Gasteiger partial charge in [0.2, 0.25) is 0 Å². The molecule has 1 aromatic heterocycles. The monoisotopic (exact) mass is 439 g/mol. The van der Waals surface area contributed by atoms with Crippen molar-refractivity contribution in [2.75, 3.05) is 13.2 Å². The third-order valence-corrected chi connectivity index (χ3v) is 5.63. The molecule has 1 atom stereocenters. The fraction of sp³-hybridized carbons (Fsp3) is 0.429. The van der Waals surface area contributed by atoms with Crippen LogP contribution in [0.1, 0.15) is 52.5 Å². The van der Waals surface area contributed by atoms with Crippen LogP contribution >= 0.6 is 23.2 Å². The van der Waals surface area contributed by atoms with Gasteiger partial charge < -0.3 is 19.6 Å². The van der Waals surface area contributed by atoms with Crippen molar-refractivity contribution < 1.29 is 23.8 Å². The Balaban J connectivity index is 1.60. The van der Waals surface area contributed by atoms with Gasteiger partial charge in [-0.2, -0.15) is 0 Å². The molecule has 6 nitrogen and oxygen atoms in total. The number of Topliss-reactive ketones (excluding diaryl/α,β-unsaturated/α-hetero) is 1. The molecule has 0 saturated heterocycles. The fourth-order valence-electron chi connectivity index (χ4n) is 3.43. The molecule has 1 heterocycles. The molecule has 156 valence electrons. The first-order valence-corrected chi connectivity index (χ1v) is 10.0. The van der Waals surface area contributed by atoms with E-state index in [0.29, 0.717) is 40.5 Å². The zero-order valence-corrected chi connectivity index (χ0v) is 18.0. The number of ether oxygens (including phenoxy) is 1. The van der Waals surface area contributed by atoms with Crippen LogP contribution in [-0.4, -0.2) is 36.1 Å². The van der Waals surface area contributed by atoms with E-state index in [4.69, 9.17) is 32.4 Å². The third kappa shape index (κ3) is 4.77. The summed E-state index contributed by atoms with van der Waals surface area (Å²) in [6.45, 7) is 5.55. The fourth-order valence-corrected chi connectivity index (χ4v) is 3.78. The van der Waals surface area contributed by atoms with Crippen molar-refractivity contribution >= 4 is 34.9 Å². The Kier molecular flexibility index (Phi) is 6.27. The SMILES string of the molecule is Cc1c(C(=O)NCC(O)COc2cccc(Cl)c2Cl)oc2c1C(=O)CC(C)(C)C2. The number of nitrogens with one attached hydrogen (secondary N) is 1. The van der Waals surface area contributed by atoms with Gasteiger partial charge in [0.05, 0.1) is 10.6 Å². The summed E-state index contributed by atoms with van der Waals surface area (Å²) >= 11 is 12.0. The van der Waals surface area contributed by atoms with Gasteiger partial charge in [-0.25, -0.2) is 0 Å². The molecule has 2 aromatic rings. The van der Waals surface area contributed by atoms with Crippen LogP contribution in [0, 0.1) is 12.3 Å².